The Balaban J connectivity index is 1.21. The van der Waals surface area contributed by atoms with Crippen LogP contribution < -0.4 is 0 Å². The molecule has 2 atom stereocenters. The molecule has 256 valence electrons. The molecule has 0 N–H and O–H groups in total. The molecule has 2 aliphatic carbocycles. The third-order valence-electron chi connectivity index (χ3n) is 10.4. The molecule has 0 radical (unpaired) electrons. The summed E-state index contributed by atoms with van der Waals surface area (Å²) >= 11 is 6.51. The number of ether oxygens (including phenoxy) is 1. The molecular formula is C40H46ClN5O3. The van der Waals surface area contributed by atoms with Crippen molar-refractivity contribution < 1.29 is 14.3 Å². The number of fused-ring (bicyclic) bond motifs is 2. The molecule has 3 aliphatic rings. The van der Waals surface area contributed by atoms with Crippen LogP contribution in [0.5, 0.6) is 0 Å². The Kier molecular flexibility index (Phi) is 10.6. The van der Waals surface area contributed by atoms with Crippen LogP contribution in [0.2, 0.25) is 5.02 Å². The third kappa shape index (κ3) is 7.86. The van der Waals surface area contributed by atoms with E-state index >= 15 is 0 Å². The molecule has 2 aromatic carbocycles. The molecule has 2 amide bonds. The van der Waals surface area contributed by atoms with Crippen molar-refractivity contribution in [1.29, 1.82) is 0 Å². The minimum Gasteiger partial charge on any atom is -0.446 e. The Morgan fingerprint density at radius 1 is 0.898 bits per heavy atom. The predicted molar refractivity (Wildman–Crippen MR) is 191 cm³/mol. The number of piperazine rings is 1. The highest BCUT2D eigenvalue weighted by Gasteiger charge is 2.42. The summed E-state index contributed by atoms with van der Waals surface area (Å²) < 4.78 is 8.27. The van der Waals surface area contributed by atoms with Gasteiger partial charge in [-0.3, -0.25) is 19.6 Å². The van der Waals surface area contributed by atoms with Crippen LogP contribution in [0.4, 0.5) is 4.79 Å². The minimum absolute atomic E-state index is 0.0483. The Hall–Kier alpha value is -4.14. The highest BCUT2D eigenvalue weighted by Crippen LogP contribution is 2.38. The lowest BCUT2D eigenvalue weighted by atomic mass is 9.95. The Morgan fingerprint density at radius 2 is 1.69 bits per heavy atom. The second kappa shape index (κ2) is 15.6. The van der Waals surface area contributed by atoms with Crippen LogP contribution in [0, 0.1) is 0 Å². The topological polar surface area (TPSA) is 70.9 Å². The molecule has 49 heavy (non-hydrogen) atoms. The number of rotatable bonds is 9. The van der Waals surface area contributed by atoms with E-state index in [-0.39, 0.29) is 24.1 Å². The highest BCUT2D eigenvalue weighted by atomic mass is 35.5. The van der Waals surface area contributed by atoms with Gasteiger partial charge in [0.1, 0.15) is 12.1 Å². The first-order valence-electron chi connectivity index (χ1n) is 17.9. The molecule has 8 nitrogen and oxygen atoms in total. The number of carbonyl (C=O) groups excluding carboxylic acids is 2. The van der Waals surface area contributed by atoms with Gasteiger partial charge in [-0.25, -0.2) is 4.79 Å². The van der Waals surface area contributed by atoms with E-state index in [2.05, 4.69) is 52.2 Å². The van der Waals surface area contributed by atoms with Gasteiger partial charge in [-0.1, -0.05) is 60.5 Å². The number of hydrogen-bond acceptors (Lipinski definition) is 5. The molecule has 0 spiro atoms. The maximum absolute atomic E-state index is 14.9. The van der Waals surface area contributed by atoms with Gasteiger partial charge in [0.25, 0.3) is 0 Å². The van der Waals surface area contributed by atoms with E-state index in [1.165, 1.54) is 23.1 Å². The summed E-state index contributed by atoms with van der Waals surface area (Å²) in [5.74, 6) is -0.0483. The average molecular weight is 680 g/mol. The van der Waals surface area contributed by atoms with Gasteiger partial charge in [-0.15, -0.1) is 0 Å². The van der Waals surface area contributed by atoms with Crippen molar-refractivity contribution >= 4 is 23.6 Å². The first-order chi connectivity index (χ1) is 24.0. The van der Waals surface area contributed by atoms with Crippen molar-refractivity contribution in [3.8, 4) is 0 Å². The smallest absolute Gasteiger partial charge is 0.410 e. The average Bonchev–Trinajstić information content (AvgIpc) is 3.60. The summed E-state index contributed by atoms with van der Waals surface area (Å²) in [6, 6.07) is 23.6. The van der Waals surface area contributed by atoms with Crippen molar-refractivity contribution in [3.63, 3.8) is 0 Å². The Labute approximate surface area is 294 Å². The largest absolute Gasteiger partial charge is 0.446 e. The molecule has 2 fully saturated rings. The molecule has 0 bridgehead atoms. The van der Waals surface area contributed by atoms with Gasteiger partial charge < -0.3 is 14.2 Å². The molecule has 9 heteroatoms. The summed E-state index contributed by atoms with van der Waals surface area (Å²) in [7, 11) is 0. The number of aromatic nitrogens is 2. The molecular weight excluding hydrogens is 634 g/mol. The molecule has 1 saturated carbocycles. The Morgan fingerprint density at radius 3 is 2.51 bits per heavy atom. The van der Waals surface area contributed by atoms with E-state index in [9.17, 15) is 9.59 Å². The van der Waals surface area contributed by atoms with Crippen LogP contribution in [0.3, 0.4) is 0 Å². The molecule has 2 aromatic heterocycles. The molecule has 1 saturated heterocycles. The van der Waals surface area contributed by atoms with Gasteiger partial charge in [0.05, 0.1) is 11.7 Å². The lowest BCUT2D eigenvalue weighted by Crippen LogP contribution is -2.62. The van der Waals surface area contributed by atoms with Crippen LogP contribution in [-0.2, 0) is 35.5 Å². The number of pyridine rings is 1. The van der Waals surface area contributed by atoms with Crippen molar-refractivity contribution in [2.45, 2.75) is 82.6 Å². The van der Waals surface area contributed by atoms with Gasteiger partial charge in [0, 0.05) is 62.9 Å². The van der Waals surface area contributed by atoms with Crippen molar-refractivity contribution in [2.75, 3.05) is 26.2 Å². The molecule has 0 unspecified atom stereocenters. The van der Waals surface area contributed by atoms with Gasteiger partial charge in [-0.05, 0) is 97.5 Å². The van der Waals surface area contributed by atoms with E-state index in [4.69, 9.17) is 21.3 Å². The van der Waals surface area contributed by atoms with Crippen LogP contribution >= 0.6 is 11.6 Å². The fraction of sp³-hybridized carbons (Fsp3) is 0.425. The first-order valence-corrected chi connectivity index (χ1v) is 18.3. The lowest BCUT2D eigenvalue weighted by Gasteiger charge is -2.45. The summed E-state index contributed by atoms with van der Waals surface area (Å²) in [5.41, 5.74) is 5.65. The van der Waals surface area contributed by atoms with E-state index in [1.54, 1.807) is 4.90 Å². The number of nitrogens with zero attached hydrogens (tertiary/aromatic N) is 5. The molecule has 7 rings (SSSR count). The van der Waals surface area contributed by atoms with E-state index in [1.807, 2.05) is 53.6 Å². The number of benzene rings is 2. The zero-order chi connectivity index (χ0) is 33.6. The number of hydrogen-bond donors (Lipinski definition) is 0. The second-order valence-corrected chi connectivity index (χ2v) is 14.1. The zero-order valence-electron chi connectivity index (χ0n) is 28.1. The van der Waals surface area contributed by atoms with Crippen LogP contribution in [-0.4, -0.2) is 74.6 Å². The first kappa shape index (κ1) is 33.4. The SMILES string of the molecule is O=C([C@H]1CN([C@@H]2c3ccc(Cl)cc3CCc3cccnc32)CCN1C(=O)OC1CCCCC1)N(CCCn1cccc1)Cc1ccccc1. The Bertz CT molecular complexity index is 1710. The minimum atomic E-state index is -0.703. The van der Waals surface area contributed by atoms with Gasteiger partial charge in [0.2, 0.25) is 5.91 Å². The van der Waals surface area contributed by atoms with Crippen LogP contribution in [0.1, 0.15) is 72.5 Å². The summed E-state index contributed by atoms with van der Waals surface area (Å²) in [4.78, 5) is 39.9. The van der Waals surface area contributed by atoms with Crippen LogP contribution in [0.25, 0.3) is 0 Å². The maximum Gasteiger partial charge on any atom is 0.410 e. The monoisotopic (exact) mass is 679 g/mol. The van der Waals surface area contributed by atoms with Gasteiger partial charge in [-0.2, -0.15) is 0 Å². The maximum atomic E-state index is 14.9. The fourth-order valence-corrected chi connectivity index (χ4v) is 8.05. The predicted octanol–water partition coefficient (Wildman–Crippen LogP) is 7.30. The van der Waals surface area contributed by atoms with Crippen molar-refractivity contribution in [1.82, 2.24) is 24.3 Å². The zero-order valence-corrected chi connectivity index (χ0v) is 28.9. The fourth-order valence-electron chi connectivity index (χ4n) is 7.86. The normalized spacial score (nSPS) is 19.8. The number of carbonyl (C=O) groups is 2. The van der Waals surface area contributed by atoms with Gasteiger partial charge >= 0.3 is 6.09 Å². The van der Waals surface area contributed by atoms with Crippen LogP contribution in [0.15, 0.2) is 91.4 Å². The summed E-state index contributed by atoms with van der Waals surface area (Å²) in [6.07, 6.45) is 13.1. The summed E-state index contributed by atoms with van der Waals surface area (Å²) in [6.45, 7) is 3.22. The van der Waals surface area contributed by atoms with Crippen molar-refractivity contribution in [2.24, 2.45) is 0 Å². The third-order valence-corrected chi connectivity index (χ3v) is 10.6. The van der Waals surface area contributed by atoms with E-state index < -0.39 is 6.04 Å². The highest BCUT2D eigenvalue weighted by molar-refractivity contribution is 6.30. The quantitative estimate of drug-likeness (QED) is 0.186. The lowest BCUT2D eigenvalue weighted by molar-refractivity contribution is -0.140. The van der Waals surface area contributed by atoms with E-state index in [0.29, 0.717) is 32.7 Å². The molecule has 4 aromatic rings. The molecule has 1 aliphatic heterocycles. The molecule has 3 heterocycles. The summed E-state index contributed by atoms with van der Waals surface area (Å²) in [5, 5.41) is 0.719. The van der Waals surface area contributed by atoms with Crippen molar-refractivity contribution in [3.05, 3.63) is 124 Å². The standard InChI is InChI=1S/C40H46ClN5O3/c41-33-18-19-35-32(27-33)17-16-31-13-9-20-42-37(31)38(35)44-25-26-46(40(48)49-34-14-5-2-6-15-34)36(29-44)39(47)45(28-30-11-3-1-4-12-30)24-10-23-43-21-7-8-22-43/h1,3-4,7-9,11-13,18-22,27,34,36,38H,2,5-6,10,14-17,23-26,28-29H2/t36-,38-/m1/s1. The number of amides is 2. The number of aryl methyl sites for hydroxylation is 3. The van der Waals surface area contributed by atoms with E-state index in [0.717, 1.165) is 67.8 Å². The number of halogens is 1. The second-order valence-electron chi connectivity index (χ2n) is 13.7. The van der Waals surface area contributed by atoms with Gasteiger partial charge in [0.15, 0.2) is 0 Å².